The van der Waals surface area contributed by atoms with Crippen molar-refractivity contribution in [3.8, 4) is 0 Å². The van der Waals surface area contributed by atoms with Gasteiger partial charge >= 0.3 is 5.97 Å². The Balaban J connectivity index is 2.50. The standard InChI is InChI=1S/C12H16FNO2/c1-3-16-12(15)8-14-9(2)10-6-4-5-7-11(10)13/h4-7,9,14H,3,8H2,1-2H3/t9-/m1/s1. The number of hydrogen-bond donors (Lipinski definition) is 1. The Morgan fingerprint density at radius 1 is 1.50 bits per heavy atom. The lowest BCUT2D eigenvalue weighted by Crippen LogP contribution is -2.27. The Hall–Kier alpha value is -1.42. The summed E-state index contributed by atoms with van der Waals surface area (Å²) in [4.78, 5) is 11.1. The van der Waals surface area contributed by atoms with Crippen LogP contribution in [0.4, 0.5) is 4.39 Å². The molecule has 0 unspecified atom stereocenters. The highest BCUT2D eigenvalue weighted by Crippen LogP contribution is 2.15. The number of carbonyl (C=O) groups excluding carboxylic acids is 1. The fourth-order valence-corrected chi connectivity index (χ4v) is 1.38. The van der Waals surface area contributed by atoms with Gasteiger partial charge in [0.2, 0.25) is 0 Å². The van der Waals surface area contributed by atoms with Crippen LogP contribution in [0.15, 0.2) is 24.3 Å². The predicted octanol–water partition coefficient (Wildman–Crippen LogP) is 2.04. The molecule has 0 heterocycles. The predicted molar refractivity (Wildman–Crippen MR) is 59.5 cm³/mol. The second-order valence-electron chi connectivity index (χ2n) is 3.43. The van der Waals surface area contributed by atoms with Gasteiger partial charge < -0.3 is 10.1 Å². The van der Waals surface area contributed by atoms with Crippen molar-refractivity contribution < 1.29 is 13.9 Å². The molecule has 4 heteroatoms. The first-order valence-corrected chi connectivity index (χ1v) is 5.28. The molecule has 0 saturated carbocycles. The first kappa shape index (κ1) is 12.6. The van der Waals surface area contributed by atoms with Crippen LogP contribution in [0.25, 0.3) is 0 Å². The lowest BCUT2D eigenvalue weighted by Gasteiger charge is -2.14. The van der Waals surface area contributed by atoms with E-state index in [1.165, 1.54) is 6.07 Å². The van der Waals surface area contributed by atoms with E-state index in [1.807, 2.05) is 0 Å². The molecule has 0 aliphatic rings. The van der Waals surface area contributed by atoms with E-state index in [0.29, 0.717) is 12.2 Å². The molecule has 0 amide bonds. The summed E-state index contributed by atoms with van der Waals surface area (Å²) in [6.07, 6.45) is 0. The van der Waals surface area contributed by atoms with E-state index in [4.69, 9.17) is 4.74 Å². The van der Waals surface area contributed by atoms with Crippen molar-refractivity contribution in [2.45, 2.75) is 19.9 Å². The lowest BCUT2D eigenvalue weighted by atomic mass is 10.1. The maximum Gasteiger partial charge on any atom is 0.319 e. The Morgan fingerprint density at radius 3 is 2.81 bits per heavy atom. The molecule has 0 radical (unpaired) electrons. The number of halogens is 1. The zero-order valence-corrected chi connectivity index (χ0v) is 9.50. The molecule has 16 heavy (non-hydrogen) atoms. The van der Waals surface area contributed by atoms with Gasteiger partial charge in [0, 0.05) is 11.6 Å². The molecule has 1 atom stereocenters. The molecule has 0 fully saturated rings. The first-order chi connectivity index (χ1) is 7.65. The third kappa shape index (κ3) is 3.62. The van der Waals surface area contributed by atoms with Crippen LogP contribution in [0.5, 0.6) is 0 Å². The van der Waals surface area contributed by atoms with E-state index in [0.717, 1.165) is 0 Å². The third-order valence-electron chi connectivity index (χ3n) is 2.23. The summed E-state index contributed by atoms with van der Waals surface area (Å²) in [5.74, 6) is -0.600. The van der Waals surface area contributed by atoms with Gasteiger partial charge in [-0.3, -0.25) is 4.79 Å². The van der Waals surface area contributed by atoms with E-state index in [-0.39, 0.29) is 24.4 Å². The van der Waals surface area contributed by atoms with Gasteiger partial charge in [0.15, 0.2) is 0 Å². The molecule has 1 rings (SSSR count). The monoisotopic (exact) mass is 225 g/mol. The smallest absolute Gasteiger partial charge is 0.319 e. The Kier molecular flexibility index (Phi) is 4.92. The zero-order chi connectivity index (χ0) is 12.0. The topological polar surface area (TPSA) is 38.3 Å². The van der Waals surface area contributed by atoms with E-state index in [2.05, 4.69) is 5.32 Å². The van der Waals surface area contributed by atoms with Crippen LogP contribution in [-0.4, -0.2) is 19.1 Å². The molecule has 0 spiro atoms. The molecule has 1 N–H and O–H groups in total. The second-order valence-corrected chi connectivity index (χ2v) is 3.43. The van der Waals surface area contributed by atoms with Crippen LogP contribution in [0, 0.1) is 5.82 Å². The summed E-state index contributed by atoms with van der Waals surface area (Å²) >= 11 is 0. The molecule has 88 valence electrons. The van der Waals surface area contributed by atoms with Crippen molar-refractivity contribution in [2.75, 3.05) is 13.2 Å². The molecule has 0 saturated heterocycles. The minimum absolute atomic E-state index is 0.0866. The van der Waals surface area contributed by atoms with Gasteiger partial charge in [0.05, 0.1) is 13.2 Å². The third-order valence-corrected chi connectivity index (χ3v) is 2.23. The minimum atomic E-state index is -0.328. The Labute approximate surface area is 94.6 Å². The summed E-state index contributed by atoms with van der Waals surface area (Å²) in [7, 11) is 0. The quantitative estimate of drug-likeness (QED) is 0.779. The lowest BCUT2D eigenvalue weighted by molar-refractivity contribution is -0.142. The molecular formula is C12H16FNO2. The highest BCUT2D eigenvalue weighted by atomic mass is 19.1. The van der Waals surface area contributed by atoms with Gasteiger partial charge in [-0.2, -0.15) is 0 Å². The summed E-state index contributed by atoms with van der Waals surface area (Å²) in [5.41, 5.74) is 0.548. The summed E-state index contributed by atoms with van der Waals surface area (Å²) < 4.78 is 18.1. The van der Waals surface area contributed by atoms with E-state index in [9.17, 15) is 9.18 Å². The van der Waals surface area contributed by atoms with Crippen molar-refractivity contribution in [1.82, 2.24) is 5.32 Å². The van der Waals surface area contributed by atoms with Gasteiger partial charge in [-0.15, -0.1) is 0 Å². The fraction of sp³-hybridized carbons (Fsp3) is 0.417. The minimum Gasteiger partial charge on any atom is -0.465 e. The van der Waals surface area contributed by atoms with Gasteiger partial charge in [-0.1, -0.05) is 18.2 Å². The molecule has 0 aliphatic carbocycles. The number of benzene rings is 1. The summed E-state index contributed by atoms with van der Waals surface area (Å²) in [6, 6.07) is 6.28. The zero-order valence-electron chi connectivity index (χ0n) is 9.50. The van der Waals surface area contributed by atoms with Gasteiger partial charge in [-0.25, -0.2) is 4.39 Å². The van der Waals surface area contributed by atoms with E-state index < -0.39 is 0 Å². The van der Waals surface area contributed by atoms with Crippen molar-refractivity contribution in [3.05, 3.63) is 35.6 Å². The molecular weight excluding hydrogens is 209 g/mol. The maximum atomic E-state index is 13.4. The molecule has 0 aromatic heterocycles. The molecule has 0 bridgehead atoms. The highest BCUT2D eigenvalue weighted by Gasteiger charge is 2.11. The summed E-state index contributed by atoms with van der Waals surface area (Å²) in [6.45, 7) is 3.99. The molecule has 3 nitrogen and oxygen atoms in total. The number of nitrogens with one attached hydrogen (secondary N) is 1. The number of rotatable bonds is 5. The molecule has 1 aromatic carbocycles. The van der Waals surface area contributed by atoms with Crippen LogP contribution < -0.4 is 5.32 Å². The normalized spacial score (nSPS) is 12.2. The molecule has 0 aliphatic heterocycles. The van der Waals surface area contributed by atoms with Crippen molar-refractivity contribution in [1.29, 1.82) is 0 Å². The van der Waals surface area contributed by atoms with E-state index >= 15 is 0 Å². The first-order valence-electron chi connectivity index (χ1n) is 5.28. The van der Waals surface area contributed by atoms with Crippen LogP contribution in [0.2, 0.25) is 0 Å². The highest BCUT2D eigenvalue weighted by molar-refractivity contribution is 5.71. The van der Waals surface area contributed by atoms with Crippen molar-refractivity contribution >= 4 is 5.97 Å². The average Bonchev–Trinajstić information content (AvgIpc) is 2.27. The van der Waals surface area contributed by atoms with Crippen LogP contribution in [-0.2, 0) is 9.53 Å². The second kappa shape index (κ2) is 6.23. The van der Waals surface area contributed by atoms with Crippen molar-refractivity contribution in [2.24, 2.45) is 0 Å². The Bertz CT molecular complexity index is 355. The van der Waals surface area contributed by atoms with Crippen molar-refractivity contribution in [3.63, 3.8) is 0 Å². The van der Waals surface area contributed by atoms with Crippen LogP contribution in [0.1, 0.15) is 25.5 Å². The number of carbonyl (C=O) groups is 1. The average molecular weight is 225 g/mol. The number of ether oxygens (including phenoxy) is 1. The summed E-state index contributed by atoms with van der Waals surface area (Å²) in [5, 5.41) is 2.91. The molecule has 1 aromatic rings. The van der Waals surface area contributed by atoms with Gasteiger partial charge in [-0.05, 0) is 19.9 Å². The van der Waals surface area contributed by atoms with Gasteiger partial charge in [0.25, 0.3) is 0 Å². The van der Waals surface area contributed by atoms with E-state index in [1.54, 1.807) is 32.0 Å². The number of esters is 1. The SMILES string of the molecule is CCOC(=O)CN[C@H](C)c1ccccc1F. The van der Waals surface area contributed by atoms with Crippen LogP contribution >= 0.6 is 0 Å². The maximum absolute atomic E-state index is 13.4. The fourth-order valence-electron chi connectivity index (χ4n) is 1.38. The number of hydrogen-bond acceptors (Lipinski definition) is 3. The van der Waals surface area contributed by atoms with Gasteiger partial charge in [0.1, 0.15) is 5.82 Å². The van der Waals surface area contributed by atoms with Crippen LogP contribution in [0.3, 0.4) is 0 Å². The largest absolute Gasteiger partial charge is 0.465 e. The Morgan fingerprint density at radius 2 is 2.19 bits per heavy atom.